The molecule has 0 aliphatic heterocycles. The lowest BCUT2D eigenvalue weighted by Crippen LogP contribution is -2.04. The van der Waals surface area contributed by atoms with Crippen LogP contribution in [0.5, 0.6) is 17.4 Å². The minimum Gasteiger partial charge on any atom is -0.486 e. The third-order valence-electron chi connectivity index (χ3n) is 5.32. The third-order valence-corrected chi connectivity index (χ3v) is 5.32. The van der Waals surface area contributed by atoms with E-state index in [-0.39, 0.29) is 20.2 Å². The highest BCUT2D eigenvalue weighted by Gasteiger charge is 2.13. The zero-order valence-electron chi connectivity index (χ0n) is 20.3. The molecular formula is C26H33NO6. The molecule has 0 unspecified atom stereocenters. The summed E-state index contributed by atoms with van der Waals surface area (Å²) in [7, 11) is 3.18. The van der Waals surface area contributed by atoms with Gasteiger partial charge in [0.1, 0.15) is 18.1 Å². The van der Waals surface area contributed by atoms with E-state index in [1.165, 1.54) is 27.8 Å². The quantitative estimate of drug-likeness (QED) is 0.332. The maximum absolute atomic E-state index is 5.93. The van der Waals surface area contributed by atoms with Crippen LogP contribution in [0.25, 0.3) is 0 Å². The lowest BCUT2D eigenvalue weighted by Gasteiger charge is -2.17. The Balaban J connectivity index is 1.70. The Morgan fingerprint density at radius 2 is 1.58 bits per heavy atom. The first-order chi connectivity index (χ1) is 15.9. The first-order valence-electron chi connectivity index (χ1n) is 11.0. The van der Waals surface area contributed by atoms with Gasteiger partial charge in [-0.05, 0) is 77.4 Å². The fourth-order valence-corrected chi connectivity index (χ4v) is 3.64. The van der Waals surface area contributed by atoms with Gasteiger partial charge in [0.05, 0.1) is 0 Å². The van der Waals surface area contributed by atoms with E-state index in [9.17, 15) is 0 Å². The van der Waals surface area contributed by atoms with Gasteiger partial charge < -0.3 is 28.2 Å². The van der Waals surface area contributed by atoms with Crippen molar-refractivity contribution in [2.45, 2.75) is 46.6 Å². The zero-order chi connectivity index (χ0) is 23.8. The number of rotatable bonds is 12. The van der Waals surface area contributed by atoms with E-state index in [1.54, 1.807) is 20.3 Å². The average molecular weight is 456 g/mol. The summed E-state index contributed by atoms with van der Waals surface area (Å²) in [5, 5.41) is 3.83. The van der Waals surface area contributed by atoms with E-state index in [4.69, 9.17) is 28.2 Å². The van der Waals surface area contributed by atoms with Crippen LogP contribution in [0.1, 0.15) is 53.3 Å². The molecule has 1 heterocycles. The first kappa shape index (κ1) is 24.6. The van der Waals surface area contributed by atoms with Crippen LogP contribution in [0.2, 0.25) is 0 Å². The van der Waals surface area contributed by atoms with E-state index >= 15 is 0 Å². The Labute approximate surface area is 195 Å². The molecule has 178 valence electrons. The van der Waals surface area contributed by atoms with Gasteiger partial charge in [-0.3, -0.25) is 0 Å². The molecule has 0 aliphatic rings. The number of ether oxygens (including phenoxy) is 5. The molecule has 0 radical (unpaired) electrons. The topological polar surface area (TPSA) is 72.2 Å². The van der Waals surface area contributed by atoms with Crippen molar-refractivity contribution >= 4 is 0 Å². The van der Waals surface area contributed by atoms with E-state index in [1.807, 2.05) is 6.07 Å². The van der Waals surface area contributed by atoms with Crippen LogP contribution in [0, 0.1) is 13.8 Å². The van der Waals surface area contributed by atoms with Crippen LogP contribution < -0.4 is 14.2 Å². The Morgan fingerprint density at radius 3 is 2.24 bits per heavy atom. The van der Waals surface area contributed by atoms with Crippen molar-refractivity contribution in [1.29, 1.82) is 0 Å². The van der Waals surface area contributed by atoms with Crippen molar-refractivity contribution in [2.75, 3.05) is 27.8 Å². The molecule has 0 bridgehead atoms. The van der Waals surface area contributed by atoms with E-state index in [0.29, 0.717) is 17.6 Å². The molecule has 2 aromatic carbocycles. The first-order valence-corrected chi connectivity index (χ1v) is 11.0. The van der Waals surface area contributed by atoms with Gasteiger partial charge in [-0.25, -0.2) is 0 Å². The zero-order valence-corrected chi connectivity index (χ0v) is 20.3. The lowest BCUT2D eigenvalue weighted by atomic mass is 9.93. The summed E-state index contributed by atoms with van der Waals surface area (Å²) in [5.74, 6) is 2.97. The van der Waals surface area contributed by atoms with Crippen LogP contribution in [-0.4, -0.2) is 33.0 Å². The highest BCUT2D eigenvalue weighted by atomic mass is 16.7. The van der Waals surface area contributed by atoms with Crippen LogP contribution in [0.4, 0.5) is 0 Å². The van der Waals surface area contributed by atoms with Crippen molar-refractivity contribution in [2.24, 2.45) is 0 Å². The molecule has 7 nitrogen and oxygen atoms in total. The minimum absolute atomic E-state index is 0.119. The number of hydrogen-bond acceptors (Lipinski definition) is 7. The van der Waals surface area contributed by atoms with E-state index < -0.39 is 0 Å². The maximum Gasteiger partial charge on any atom is 0.256 e. The van der Waals surface area contributed by atoms with Gasteiger partial charge in [-0.15, -0.1) is 0 Å². The second-order valence-corrected chi connectivity index (χ2v) is 8.26. The lowest BCUT2D eigenvalue weighted by molar-refractivity contribution is 0.0452. The molecule has 0 saturated heterocycles. The van der Waals surface area contributed by atoms with Gasteiger partial charge in [0, 0.05) is 20.3 Å². The van der Waals surface area contributed by atoms with Crippen molar-refractivity contribution < 1.29 is 28.2 Å². The molecule has 0 amide bonds. The van der Waals surface area contributed by atoms with Crippen molar-refractivity contribution in [3.8, 4) is 17.4 Å². The summed E-state index contributed by atoms with van der Waals surface area (Å²) in [4.78, 5) is 0. The Bertz CT molecular complexity index is 1020. The average Bonchev–Trinajstić information content (AvgIpc) is 3.25. The predicted octanol–water partition coefficient (Wildman–Crippen LogP) is 5.55. The van der Waals surface area contributed by atoms with Crippen LogP contribution >= 0.6 is 0 Å². The normalized spacial score (nSPS) is 11.1. The molecule has 0 saturated carbocycles. The standard InChI is InChI=1S/C26H33NO6/c1-17(2)23-11-20(7-8-25(23)31-15-28-5)12-24-18(3)9-21(10-19(24)4)30-14-22-13-26(27-33-22)32-16-29-6/h7-11,13,17H,12,14-16H2,1-6H3. The van der Waals surface area contributed by atoms with E-state index in [2.05, 4.69) is 57.1 Å². The molecule has 0 fully saturated rings. The summed E-state index contributed by atoms with van der Waals surface area (Å²) >= 11 is 0. The fraction of sp³-hybridized carbons (Fsp3) is 0.423. The molecular weight excluding hydrogens is 422 g/mol. The highest BCUT2D eigenvalue weighted by Crippen LogP contribution is 2.30. The van der Waals surface area contributed by atoms with Crippen molar-refractivity contribution in [1.82, 2.24) is 5.16 Å². The van der Waals surface area contributed by atoms with Gasteiger partial charge in [0.15, 0.2) is 19.3 Å². The third kappa shape index (κ3) is 6.73. The molecule has 7 heteroatoms. The fourth-order valence-electron chi connectivity index (χ4n) is 3.64. The van der Waals surface area contributed by atoms with Gasteiger partial charge in [0.2, 0.25) is 0 Å². The maximum atomic E-state index is 5.93. The number of aromatic nitrogens is 1. The molecule has 3 aromatic rings. The predicted molar refractivity (Wildman–Crippen MR) is 125 cm³/mol. The second kappa shape index (κ2) is 11.7. The van der Waals surface area contributed by atoms with Crippen molar-refractivity contribution in [3.05, 3.63) is 70.0 Å². The van der Waals surface area contributed by atoms with Crippen LogP contribution in [0.3, 0.4) is 0 Å². The Kier molecular flexibility index (Phi) is 8.74. The summed E-state index contributed by atoms with van der Waals surface area (Å²) in [6, 6.07) is 12.2. The van der Waals surface area contributed by atoms with Gasteiger partial charge >= 0.3 is 0 Å². The number of methoxy groups -OCH3 is 2. The summed E-state index contributed by atoms with van der Waals surface area (Å²) < 4.78 is 32.1. The molecule has 3 rings (SSSR count). The molecule has 0 aliphatic carbocycles. The Hall–Kier alpha value is -3.03. The number of nitrogens with zero attached hydrogens (tertiary/aromatic N) is 1. The molecule has 33 heavy (non-hydrogen) atoms. The molecule has 0 spiro atoms. The number of hydrogen-bond donors (Lipinski definition) is 0. The minimum atomic E-state index is 0.119. The summed E-state index contributed by atoms with van der Waals surface area (Å²) in [6.07, 6.45) is 0.838. The van der Waals surface area contributed by atoms with E-state index in [0.717, 1.165) is 17.9 Å². The summed E-state index contributed by atoms with van der Waals surface area (Å²) in [6.45, 7) is 9.19. The Morgan fingerprint density at radius 1 is 0.879 bits per heavy atom. The molecule has 1 aromatic heterocycles. The van der Waals surface area contributed by atoms with Gasteiger partial charge in [-0.1, -0.05) is 26.0 Å². The molecule has 0 N–H and O–H groups in total. The SMILES string of the molecule is COCOc1cc(COc2cc(C)c(Cc3ccc(OCOC)c(C(C)C)c3)c(C)c2)on1. The monoisotopic (exact) mass is 455 g/mol. The van der Waals surface area contributed by atoms with Gasteiger partial charge in [0.25, 0.3) is 5.88 Å². The highest BCUT2D eigenvalue weighted by molar-refractivity contribution is 5.46. The molecule has 0 atom stereocenters. The largest absolute Gasteiger partial charge is 0.486 e. The van der Waals surface area contributed by atoms with Crippen LogP contribution in [-0.2, 0) is 22.5 Å². The number of aryl methyl sites for hydroxylation is 2. The smallest absolute Gasteiger partial charge is 0.256 e. The van der Waals surface area contributed by atoms with Gasteiger partial charge in [-0.2, -0.15) is 0 Å². The second-order valence-electron chi connectivity index (χ2n) is 8.26. The number of benzene rings is 2. The van der Waals surface area contributed by atoms with Crippen LogP contribution in [0.15, 0.2) is 40.9 Å². The summed E-state index contributed by atoms with van der Waals surface area (Å²) in [5.41, 5.74) is 6.07. The van der Waals surface area contributed by atoms with Crippen molar-refractivity contribution in [3.63, 3.8) is 0 Å².